The molecule has 0 fully saturated rings. The van der Waals surface area contributed by atoms with Crippen molar-refractivity contribution in [3.63, 3.8) is 0 Å². The summed E-state index contributed by atoms with van der Waals surface area (Å²) in [6, 6.07) is 8.37. The zero-order valence-electron chi connectivity index (χ0n) is 11.0. The predicted octanol–water partition coefficient (Wildman–Crippen LogP) is 3.41. The Morgan fingerprint density at radius 1 is 1.47 bits per heavy atom. The molecule has 2 unspecified atom stereocenters. The Bertz CT molecular complexity index is 567. The lowest BCUT2D eigenvalue weighted by molar-refractivity contribution is 0.259. The topological polar surface area (TPSA) is 48.1 Å². The normalized spacial score (nSPS) is 19.6. The molecule has 100 valence electrons. The molecule has 3 nitrogen and oxygen atoms in total. The molecule has 1 aromatic heterocycles. The number of hydrogen-bond donors (Lipinski definition) is 1. The molecule has 0 radical (unpaired) electrons. The highest BCUT2D eigenvalue weighted by Crippen LogP contribution is 2.39. The molecule has 1 aromatic carbocycles. The predicted molar refractivity (Wildman–Crippen MR) is 77.7 cm³/mol. The van der Waals surface area contributed by atoms with Gasteiger partial charge in [-0.05, 0) is 37.3 Å². The van der Waals surface area contributed by atoms with Gasteiger partial charge in [-0.2, -0.15) is 0 Å². The van der Waals surface area contributed by atoms with Crippen molar-refractivity contribution in [2.24, 2.45) is 5.73 Å². The SMILES string of the molecule is Cc1ncsc1C(N)CC1CCOc2ccccc21. The van der Waals surface area contributed by atoms with Crippen LogP contribution < -0.4 is 10.5 Å². The van der Waals surface area contributed by atoms with E-state index in [1.807, 2.05) is 24.6 Å². The highest BCUT2D eigenvalue weighted by atomic mass is 32.1. The van der Waals surface area contributed by atoms with Crippen LogP contribution in [0.2, 0.25) is 0 Å². The van der Waals surface area contributed by atoms with Crippen molar-refractivity contribution in [2.75, 3.05) is 6.61 Å². The van der Waals surface area contributed by atoms with Crippen LogP contribution in [0.3, 0.4) is 0 Å². The van der Waals surface area contributed by atoms with Crippen molar-refractivity contribution in [2.45, 2.75) is 31.7 Å². The van der Waals surface area contributed by atoms with Gasteiger partial charge in [0, 0.05) is 10.9 Å². The summed E-state index contributed by atoms with van der Waals surface area (Å²) in [5.41, 5.74) is 10.6. The lowest BCUT2D eigenvalue weighted by atomic mass is 9.87. The average Bonchev–Trinajstić information content (AvgIpc) is 2.85. The third-order valence-electron chi connectivity index (χ3n) is 3.74. The summed E-state index contributed by atoms with van der Waals surface area (Å²) in [5, 5.41) is 0. The Morgan fingerprint density at radius 3 is 3.11 bits per heavy atom. The van der Waals surface area contributed by atoms with Gasteiger partial charge in [-0.15, -0.1) is 11.3 Å². The fraction of sp³-hybridized carbons (Fsp3) is 0.400. The van der Waals surface area contributed by atoms with Crippen LogP contribution in [0.15, 0.2) is 29.8 Å². The van der Waals surface area contributed by atoms with Gasteiger partial charge in [0.2, 0.25) is 0 Å². The molecule has 0 saturated heterocycles. The second-order valence-electron chi connectivity index (χ2n) is 5.02. The molecule has 1 aliphatic rings. The van der Waals surface area contributed by atoms with E-state index >= 15 is 0 Å². The Labute approximate surface area is 117 Å². The molecule has 4 heteroatoms. The lowest BCUT2D eigenvalue weighted by Crippen LogP contribution is -2.20. The highest BCUT2D eigenvalue weighted by Gasteiger charge is 2.24. The Kier molecular flexibility index (Phi) is 3.53. The molecule has 2 heterocycles. The quantitative estimate of drug-likeness (QED) is 0.933. The maximum atomic E-state index is 6.36. The van der Waals surface area contributed by atoms with Gasteiger partial charge in [0.1, 0.15) is 5.75 Å². The van der Waals surface area contributed by atoms with E-state index < -0.39 is 0 Å². The fourth-order valence-electron chi connectivity index (χ4n) is 2.74. The van der Waals surface area contributed by atoms with Gasteiger partial charge < -0.3 is 10.5 Å². The number of aromatic nitrogens is 1. The number of para-hydroxylation sites is 1. The van der Waals surface area contributed by atoms with Crippen molar-refractivity contribution < 1.29 is 4.74 Å². The van der Waals surface area contributed by atoms with Gasteiger partial charge in [0.25, 0.3) is 0 Å². The average molecular weight is 274 g/mol. The second kappa shape index (κ2) is 5.31. The fourth-order valence-corrected chi connectivity index (χ4v) is 3.56. The first-order valence-electron chi connectivity index (χ1n) is 6.63. The van der Waals surface area contributed by atoms with E-state index in [4.69, 9.17) is 10.5 Å². The zero-order chi connectivity index (χ0) is 13.2. The standard InChI is InChI=1S/C15H18N2OS/c1-10-15(19-9-17-10)13(16)8-11-6-7-18-14-5-3-2-4-12(11)14/h2-5,9,11,13H,6-8,16H2,1H3. The minimum absolute atomic E-state index is 0.0728. The highest BCUT2D eigenvalue weighted by molar-refractivity contribution is 7.09. The molecule has 2 aromatic rings. The molecule has 0 bridgehead atoms. The number of benzene rings is 1. The van der Waals surface area contributed by atoms with Crippen LogP contribution in [-0.2, 0) is 0 Å². The number of aryl methyl sites for hydroxylation is 1. The van der Waals surface area contributed by atoms with Crippen LogP contribution in [-0.4, -0.2) is 11.6 Å². The van der Waals surface area contributed by atoms with Crippen LogP contribution in [0.1, 0.15) is 40.9 Å². The summed E-state index contributed by atoms with van der Waals surface area (Å²) in [7, 11) is 0. The largest absolute Gasteiger partial charge is 0.493 e. The Hall–Kier alpha value is -1.39. The molecule has 0 spiro atoms. The van der Waals surface area contributed by atoms with Crippen LogP contribution in [0, 0.1) is 6.92 Å². The summed E-state index contributed by atoms with van der Waals surface area (Å²) in [4.78, 5) is 5.50. The second-order valence-corrected chi connectivity index (χ2v) is 5.90. The van der Waals surface area contributed by atoms with Crippen molar-refractivity contribution in [1.82, 2.24) is 4.98 Å². The summed E-state index contributed by atoms with van der Waals surface area (Å²) < 4.78 is 5.70. The number of ether oxygens (including phenoxy) is 1. The maximum Gasteiger partial charge on any atom is 0.122 e. The summed E-state index contributed by atoms with van der Waals surface area (Å²) in [6.07, 6.45) is 2.01. The molecule has 1 aliphatic heterocycles. The molecule has 19 heavy (non-hydrogen) atoms. The molecule has 2 atom stereocenters. The first kappa shape index (κ1) is 12.6. The van der Waals surface area contributed by atoms with Crippen LogP contribution in [0.25, 0.3) is 0 Å². The van der Waals surface area contributed by atoms with Crippen LogP contribution in [0.5, 0.6) is 5.75 Å². The van der Waals surface area contributed by atoms with Gasteiger partial charge in [-0.25, -0.2) is 4.98 Å². The van der Waals surface area contributed by atoms with E-state index in [9.17, 15) is 0 Å². The number of thiazole rings is 1. The van der Waals surface area contributed by atoms with Crippen LogP contribution in [0.4, 0.5) is 0 Å². The van der Waals surface area contributed by atoms with Gasteiger partial charge in [-0.3, -0.25) is 0 Å². The van der Waals surface area contributed by atoms with E-state index in [0.29, 0.717) is 5.92 Å². The number of rotatable bonds is 3. The summed E-state index contributed by atoms with van der Waals surface area (Å²) in [6.45, 7) is 2.82. The number of nitrogens with zero attached hydrogens (tertiary/aromatic N) is 1. The van der Waals surface area contributed by atoms with Crippen molar-refractivity contribution >= 4 is 11.3 Å². The molecular weight excluding hydrogens is 256 g/mol. The Balaban J connectivity index is 1.80. The van der Waals surface area contributed by atoms with E-state index in [0.717, 1.165) is 30.9 Å². The van der Waals surface area contributed by atoms with Crippen molar-refractivity contribution in [3.05, 3.63) is 45.9 Å². The summed E-state index contributed by atoms with van der Waals surface area (Å²) in [5.74, 6) is 1.51. The molecule has 2 N–H and O–H groups in total. The van der Waals surface area contributed by atoms with E-state index in [2.05, 4.69) is 17.1 Å². The Morgan fingerprint density at radius 2 is 2.32 bits per heavy atom. The summed E-state index contributed by atoms with van der Waals surface area (Å²) >= 11 is 1.66. The van der Waals surface area contributed by atoms with Gasteiger partial charge in [0.05, 0.1) is 17.8 Å². The van der Waals surface area contributed by atoms with Crippen molar-refractivity contribution in [1.29, 1.82) is 0 Å². The first-order valence-corrected chi connectivity index (χ1v) is 7.51. The van der Waals surface area contributed by atoms with Crippen LogP contribution >= 0.6 is 11.3 Å². The number of hydrogen-bond acceptors (Lipinski definition) is 4. The third-order valence-corrected chi connectivity index (χ3v) is 4.80. The molecular formula is C15H18N2OS. The minimum Gasteiger partial charge on any atom is -0.493 e. The first-order chi connectivity index (χ1) is 9.25. The molecule has 3 rings (SSSR count). The van der Waals surface area contributed by atoms with Crippen molar-refractivity contribution in [3.8, 4) is 5.75 Å². The van der Waals surface area contributed by atoms with E-state index in [-0.39, 0.29) is 6.04 Å². The maximum absolute atomic E-state index is 6.36. The molecule has 0 aliphatic carbocycles. The number of nitrogens with two attached hydrogens (primary N) is 1. The third kappa shape index (κ3) is 2.51. The lowest BCUT2D eigenvalue weighted by Gasteiger charge is -2.27. The molecule has 0 amide bonds. The smallest absolute Gasteiger partial charge is 0.122 e. The molecule has 0 saturated carbocycles. The van der Waals surface area contributed by atoms with Gasteiger partial charge >= 0.3 is 0 Å². The zero-order valence-corrected chi connectivity index (χ0v) is 11.8. The van der Waals surface area contributed by atoms with Gasteiger partial charge in [-0.1, -0.05) is 18.2 Å². The van der Waals surface area contributed by atoms with Gasteiger partial charge in [0.15, 0.2) is 0 Å². The monoisotopic (exact) mass is 274 g/mol. The van der Waals surface area contributed by atoms with E-state index in [1.54, 1.807) is 11.3 Å². The van der Waals surface area contributed by atoms with E-state index in [1.165, 1.54) is 10.4 Å². The number of fused-ring (bicyclic) bond motifs is 1. The minimum atomic E-state index is 0.0728.